The number of phosphoric ester groups is 2. The summed E-state index contributed by atoms with van der Waals surface area (Å²) >= 11 is 7.00. The highest BCUT2D eigenvalue weighted by molar-refractivity contribution is 8.54. The van der Waals surface area contributed by atoms with Gasteiger partial charge in [0.2, 0.25) is 0 Å². The van der Waals surface area contributed by atoms with Crippen LogP contribution < -0.4 is 32.1 Å². The fourth-order valence-corrected chi connectivity index (χ4v) is 12.5. The van der Waals surface area contributed by atoms with E-state index in [0.29, 0.717) is 46.1 Å². The maximum Gasteiger partial charge on any atom is 0.469 e. The number of halogens is 1. The van der Waals surface area contributed by atoms with E-state index in [1.165, 1.54) is 29.5 Å². The molecule has 4 aromatic heterocycles. The van der Waals surface area contributed by atoms with Gasteiger partial charge in [-0.15, -0.1) is 0 Å². The third kappa shape index (κ3) is 13.5. The number of quaternary nitrogens is 1. The highest BCUT2D eigenvalue weighted by atomic mass is 35.5. The number of methoxy groups -OCH3 is 1. The number of nitrogens with one attached hydrogen (secondary N) is 1. The summed E-state index contributed by atoms with van der Waals surface area (Å²) in [5, 5.41) is 6.03. The molecule has 26 nitrogen and oxygen atoms in total. The van der Waals surface area contributed by atoms with Crippen molar-refractivity contribution in [3.63, 3.8) is 0 Å². The number of hydrogen-bond acceptors (Lipinski definition) is 21. The summed E-state index contributed by atoms with van der Waals surface area (Å²) < 4.78 is 80.2. The second-order valence-electron chi connectivity index (χ2n) is 17.5. The van der Waals surface area contributed by atoms with Crippen LogP contribution in [0.2, 0.25) is 5.02 Å². The molecule has 390 valence electrons. The molecule has 0 amide bonds. The molecule has 2 aromatic carbocycles. The molecule has 31 heteroatoms. The molecule has 2 aliphatic rings. The topological polar surface area (TPSA) is 355 Å². The first-order valence-electron chi connectivity index (χ1n) is 22.3. The summed E-state index contributed by atoms with van der Waals surface area (Å²) in [5.41, 5.74) is 13.7. The van der Waals surface area contributed by atoms with Gasteiger partial charge in [0.25, 0.3) is 7.82 Å². The number of fused-ring (bicyclic) bond motifs is 3. The normalized spacial score (nSPS) is 22.4. The van der Waals surface area contributed by atoms with Gasteiger partial charge < -0.3 is 64.1 Å². The number of aromatic nitrogens is 7. The standard InChI is InChI=1S/C41H53ClN11O15P3S/c1-53(2,13-4-11-45-37-26-8-6-24(42)16-29(26)49-28-9-7-25(62-3)17-27(28)37)14-5-15-72-71(60,61)64-21-33-31(19-35(65-33)51-12-10-34(43)50-41(51)54)68-70(58,59)63-20-32-30(67-69(55,56)57)18-36(66-32)52-23-48-38-39(44)46-22-47-40(38)52/h6-10,12,16-17,22-23,30-33,35-36H,4-5,11,13-15,18-21H2,1-3H3,(H8-,43,44,45,46,47,49,50,54,55,56,57,58,59,60,61)/t30-,31-,32+,33+,35+,36+/m0/s1. The SMILES string of the molecule is COc1ccc2nc3cc(Cl)ccc3c(NCCC[N+](C)(C)CCCSP(=O)(O)OC[C@H]3O[C@@H](n4ccc(N)nc4=O)C[C@@H]3OP(=O)([O-])OC[C@H]3O[C@@H](n4cnc5c(N)ncnc54)C[C@@H]3OP(=O)(O)O)c2c1. The lowest BCUT2D eigenvalue weighted by atomic mass is 10.1. The van der Waals surface area contributed by atoms with E-state index in [4.69, 9.17) is 60.4 Å². The summed E-state index contributed by atoms with van der Waals surface area (Å²) in [7, 11) is -4.75. The number of ether oxygens (including phenoxy) is 3. The third-order valence-electron chi connectivity index (χ3n) is 11.9. The molecule has 6 heterocycles. The molecule has 0 aliphatic carbocycles. The van der Waals surface area contributed by atoms with Crippen molar-refractivity contribution in [2.75, 3.05) is 76.6 Å². The van der Waals surface area contributed by atoms with Gasteiger partial charge in [-0.25, -0.2) is 33.9 Å². The zero-order chi connectivity index (χ0) is 51.6. The molecule has 2 saturated heterocycles. The number of anilines is 3. The lowest BCUT2D eigenvalue weighted by molar-refractivity contribution is -0.890. The number of hydrogen-bond donors (Lipinski definition) is 6. The lowest BCUT2D eigenvalue weighted by Gasteiger charge is -2.30. The van der Waals surface area contributed by atoms with Crippen LogP contribution in [0.4, 0.5) is 17.3 Å². The molecule has 6 aromatic rings. The first-order chi connectivity index (χ1) is 34.1. The van der Waals surface area contributed by atoms with E-state index in [9.17, 15) is 38.1 Å². The Kier molecular flexibility index (Phi) is 16.6. The number of nitrogen functional groups attached to an aromatic ring is 2. The van der Waals surface area contributed by atoms with Gasteiger partial charge in [0, 0.05) is 60.0 Å². The predicted octanol–water partition coefficient (Wildman–Crippen LogP) is 4.35. The van der Waals surface area contributed by atoms with Gasteiger partial charge in [-0.3, -0.25) is 22.7 Å². The maximum atomic E-state index is 13.5. The van der Waals surface area contributed by atoms with Crippen molar-refractivity contribution in [2.45, 2.75) is 62.6 Å². The number of phosphoric acid groups is 2. The van der Waals surface area contributed by atoms with Crippen LogP contribution in [0.25, 0.3) is 33.0 Å². The Bertz CT molecular complexity index is 3140. The van der Waals surface area contributed by atoms with Gasteiger partial charge >= 0.3 is 20.3 Å². The molecule has 2 unspecified atom stereocenters. The van der Waals surface area contributed by atoms with E-state index in [2.05, 4.69) is 39.3 Å². The van der Waals surface area contributed by atoms with Crippen LogP contribution in [-0.4, -0.2) is 137 Å². The Hall–Kier alpha value is -4.37. The second kappa shape index (κ2) is 22.2. The van der Waals surface area contributed by atoms with Gasteiger partial charge in [0.1, 0.15) is 54.2 Å². The van der Waals surface area contributed by atoms with Crippen LogP contribution >= 0.6 is 45.4 Å². The van der Waals surface area contributed by atoms with Gasteiger partial charge in [0.05, 0.1) is 76.7 Å². The zero-order valence-corrected chi connectivity index (χ0v) is 43.2. The van der Waals surface area contributed by atoms with Crippen molar-refractivity contribution >= 4 is 95.7 Å². The first kappa shape index (κ1) is 53.9. The van der Waals surface area contributed by atoms with Crippen LogP contribution in [0.1, 0.15) is 38.1 Å². The number of benzene rings is 2. The molecule has 72 heavy (non-hydrogen) atoms. The Labute approximate surface area is 420 Å². The van der Waals surface area contributed by atoms with E-state index in [1.54, 1.807) is 7.11 Å². The third-order valence-corrected chi connectivity index (χ3v) is 16.8. The summed E-state index contributed by atoms with van der Waals surface area (Å²) in [4.78, 5) is 77.0. The van der Waals surface area contributed by atoms with Crippen molar-refractivity contribution in [3.05, 3.63) is 76.8 Å². The number of rotatable bonds is 23. The number of imidazole rings is 1. The van der Waals surface area contributed by atoms with Gasteiger partial charge in [-0.1, -0.05) is 11.6 Å². The molecule has 0 bridgehead atoms. The first-order valence-corrected chi connectivity index (χ1v) is 28.8. The molecule has 8 rings (SSSR count). The minimum atomic E-state index is -5.37. The van der Waals surface area contributed by atoms with Crippen molar-refractivity contribution in [3.8, 4) is 5.75 Å². The summed E-state index contributed by atoms with van der Waals surface area (Å²) in [6.45, 7) is -3.75. The minimum Gasteiger partial charge on any atom is -0.756 e. The summed E-state index contributed by atoms with van der Waals surface area (Å²) in [6, 6.07) is 12.6. The number of nitrogens with two attached hydrogens (primary N) is 2. The molecular weight excluding hydrogens is 1050 g/mol. The predicted molar refractivity (Wildman–Crippen MR) is 264 cm³/mol. The van der Waals surface area contributed by atoms with Gasteiger partial charge in [0.15, 0.2) is 11.5 Å². The largest absolute Gasteiger partial charge is 0.756 e. The molecule has 0 saturated carbocycles. The highest BCUT2D eigenvalue weighted by Crippen LogP contribution is 2.57. The van der Waals surface area contributed by atoms with Crippen molar-refractivity contribution in [1.82, 2.24) is 34.1 Å². The fraction of sp³-hybridized carbons (Fsp3) is 0.463. The van der Waals surface area contributed by atoms with Gasteiger partial charge in [-0.2, -0.15) is 4.98 Å². The quantitative estimate of drug-likeness (QED) is 0.0225. The van der Waals surface area contributed by atoms with E-state index < -0.39 is 78.2 Å². The molecule has 0 radical (unpaired) electrons. The zero-order valence-electron chi connectivity index (χ0n) is 38.9. The Morgan fingerprint density at radius 1 is 0.889 bits per heavy atom. The smallest absolute Gasteiger partial charge is 0.469 e. The molecule has 2 aliphatic heterocycles. The molecular formula is C41H53ClN11O15P3S. The molecule has 0 spiro atoms. The lowest BCUT2D eigenvalue weighted by Crippen LogP contribution is -2.42. The second-order valence-corrected chi connectivity index (χ2v) is 24.5. The van der Waals surface area contributed by atoms with Crippen LogP contribution in [-0.2, 0) is 41.3 Å². The molecule has 8 atom stereocenters. The summed E-state index contributed by atoms with van der Waals surface area (Å²) in [5.74, 6) is 0.936. The summed E-state index contributed by atoms with van der Waals surface area (Å²) in [6.07, 6.45) is -3.15. The van der Waals surface area contributed by atoms with Crippen LogP contribution in [0.5, 0.6) is 5.75 Å². The van der Waals surface area contributed by atoms with Crippen molar-refractivity contribution in [1.29, 1.82) is 0 Å². The Morgan fingerprint density at radius 3 is 2.32 bits per heavy atom. The van der Waals surface area contributed by atoms with Gasteiger partial charge in [-0.05, 0) is 53.8 Å². The fourth-order valence-electron chi connectivity index (χ4n) is 8.45. The monoisotopic (exact) mass is 1100 g/mol. The Morgan fingerprint density at radius 2 is 1.60 bits per heavy atom. The average Bonchev–Trinajstić information content (AvgIpc) is 4.04. The Balaban J connectivity index is 0.850. The van der Waals surface area contributed by atoms with E-state index in [-0.39, 0.29) is 41.4 Å². The van der Waals surface area contributed by atoms with Crippen LogP contribution in [0.15, 0.2) is 66.1 Å². The van der Waals surface area contributed by atoms with Crippen LogP contribution in [0.3, 0.4) is 0 Å². The molecule has 2 fully saturated rings. The van der Waals surface area contributed by atoms with Crippen LogP contribution in [0, 0.1) is 0 Å². The number of pyridine rings is 1. The van der Waals surface area contributed by atoms with Crippen molar-refractivity contribution < 1.29 is 70.1 Å². The minimum absolute atomic E-state index is 0.0650. The molecule has 8 N–H and O–H groups in total. The van der Waals surface area contributed by atoms with E-state index in [1.807, 2.05) is 36.4 Å². The number of nitrogens with zero attached hydrogens (tertiary/aromatic N) is 8. The highest BCUT2D eigenvalue weighted by Gasteiger charge is 2.44. The van der Waals surface area contributed by atoms with E-state index >= 15 is 0 Å². The van der Waals surface area contributed by atoms with Crippen molar-refractivity contribution in [2.24, 2.45) is 0 Å². The average molecular weight is 1100 g/mol. The maximum absolute atomic E-state index is 13.5. The van der Waals surface area contributed by atoms with E-state index in [0.717, 1.165) is 45.0 Å².